The predicted molar refractivity (Wildman–Crippen MR) is 116 cm³/mol. The third-order valence-corrected chi connectivity index (χ3v) is 5.75. The summed E-state index contributed by atoms with van der Waals surface area (Å²) in [5.74, 6) is 1.70. The number of nitrogens with zero attached hydrogens (tertiary/aromatic N) is 5. The molecule has 0 aliphatic carbocycles. The number of hydrogen-bond donors (Lipinski definition) is 0. The fourth-order valence-electron chi connectivity index (χ4n) is 3.13. The van der Waals surface area contributed by atoms with E-state index in [1.807, 2.05) is 24.3 Å². The van der Waals surface area contributed by atoms with E-state index < -0.39 is 4.92 Å². The summed E-state index contributed by atoms with van der Waals surface area (Å²) >= 11 is 1.35. The van der Waals surface area contributed by atoms with Gasteiger partial charge >= 0.3 is 5.82 Å². The molecule has 0 atom stereocenters. The molecule has 2 aromatic heterocycles. The van der Waals surface area contributed by atoms with Crippen molar-refractivity contribution in [2.24, 2.45) is 0 Å². The summed E-state index contributed by atoms with van der Waals surface area (Å²) in [6.45, 7) is 2.19. The van der Waals surface area contributed by atoms with Gasteiger partial charge in [-0.1, -0.05) is 23.9 Å². The first-order valence-electron chi connectivity index (χ1n) is 9.78. The second-order valence-electron chi connectivity index (χ2n) is 6.88. The lowest BCUT2D eigenvalue weighted by atomic mass is 10.2. The standard InChI is InChI=1S/C21H21N5O4S/c1-29-16-6-4-15(5-7-16)14-30-20-18(13-23-21(24-20)25-10-2-3-11-25)31-17-8-9-19(22-12-17)26(27)28/h4-9,12-13H,2-3,10-11,14H2,1H3. The summed E-state index contributed by atoms with van der Waals surface area (Å²) < 4.78 is 11.3. The second-order valence-corrected chi connectivity index (χ2v) is 8.00. The molecule has 1 aliphatic heterocycles. The van der Waals surface area contributed by atoms with Gasteiger partial charge in [0.25, 0.3) is 0 Å². The van der Waals surface area contributed by atoms with Crippen molar-refractivity contribution in [3.05, 3.63) is 64.5 Å². The molecule has 1 aliphatic rings. The molecule has 160 valence electrons. The number of benzene rings is 1. The van der Waals surface area contributed by atoms with Crippen molar-refractivity contribution in [2.75, 3.05) is 25.1 Å². The Balaban J connectivity index is 1.55. The first kappa shape index (κ1) is 20.9. The average molecular weight is 439 g/mol. The molecule has 0 radical (unpaired) electrons. The Morgan fingerprint density at radius 2 is 1.87 bits per heavy atom. The number of nitro groups is 1. The lowest BCUT2D eigenvalue weighted by molar-refractivity contribution is -0.389. The van der Waals surface area contributed by atoms with Gasteiger partial charge in [0.2, 0.25) is 11.8 Å². The molecule has 0 saturated carbocycles. The van der Waals surface area contributed by atoms with Crippen LogP contribution in [0.25, 0.3) is 0 Å². The van der Waals surface area contributed by atoms with Crippen LogP contribution >= 0.6 is 11.8 Å². The summed E-state index contributed by atoms with van der Waals surface area (Å²) in [5.41, 5.74) is 0.982. The number of aromatic nitrogens is 3. The van der Waals surface area contributed by atoms with Crippen molar-refractivity contribution in [3.8, 4) is 11.6 Å². The van der Waals surface area contributed by atoms with Gasteiger partial charge in [0.15, 0.2) is 6.20 Å². The third kappa shape index (κ3) is 5.21. The summed E-state index contributed by atoms with van der Waals surface area (Å²) in [6.07, 6.45) is 5.44. The van der Waals surface area contributed by atoms with Gasteiger partial charge in [0.05, 0.1) is 23.1 Å². The number of hydrogen-bond acceptors (Lipinski definition) is 9. The lowest BCUT2D eigenvalue weighted by Gasteiger charge is -2.17. The van der Waals surface area contributed by atoms with Crippen molar-refractivity contribution in [1.82, 2.24) is 15.0 Å². The zero-order valence-electron chi connectivity index (χ0n) is 16.9. The highest BCUT2D eigenvalue weighted by Gasteiger charge is 2.19. The van der Waals surface area contributed by atoms with Crippen molar-refractivity contribution in [3.63, 3.8) is 0 Å². The predicted octanol–water partition coefficient (Wildman–Crippen LogP) is 4.12. The Morgan fingerprint density at radius 3 is 2.52 bits per heavy atom. The maximum Gasteiger partial charge on any atom is 0.363 e. The first-order valence-corrected chi connectivity index (χ1v) is 10.6. The zero-order valence-corrected chi connectivity index (χ0v) is 17.7. The van der Waals surface area contributed by atoms with E-state index in [0.717, 1.165) is 42.1 Å². The molecule has 0 bridgehead atoms. The SMILES string of the molecule is COc1ccc(COc2nc(N3CCCC3)ncc2Sc2ccc([N+](=O)[O-])nc2)cc1. The van der Waals surface area contributed by atoms with Gasteiger partial charge in [-0.15, -0.1) is 0 Å². The van der Waals surface area contributed by atoms with E-state index >= 15 is 0 Å². The van der Waals surface area contributed by atoms with Crippen LogP contribution in [0.15, 0.2) is 58.6 Å². The first-order chi connectivity index (χ1) is 15.1. The average Bonchev–Trinajstić information content (AvgIpc) is 3.34. The van der Waals surface area contributed by atoms with Gasteiger partial charge in [0, 0.05) is 19.2 Å². The molecule has 10 heteroatoms. The fraction of sp³-hybridized carbons (Fsp3) is 0.286. The van der Waals surface area contributed by atoms with Gasteiger partial charge < -0.3 is 24.5 Å². The van der Waals surface area contributed by atoms with E-state index in [9.17, 15) is 10.1 Å². The number of anilines is 1. The van der Waals surface area contributed by atoms with Crippen LogP contribution in [0.4, 0.5) is 11.8 Å². The third-order valence-electron chi connectivity index (χ3n) is 4.77. The van der Waals surface area contributed by atoms with E-state index in [2.05, 4.69) is 19.9 Å². The van der Waals surface area contributed by atoms with Crippen molar-refractivity contribution in [1.29, 1.82) is 0 Å². The minimum Gasteiger partial charge on any atom is -0.497 e. The van der Waals surface area contributed by atoms with Crippen LogP contribution in [-0.4, -0.2) is 40.1 Å². The van der Waals surface area contributed by atoms with Gasteiger partial charge in [-0.3, -0.25) is 0 Å². The number of pyridine rings is 1. The van der Waals surface area contributed by atoms with Crippen LogP contribution in [-0.2, 0) is 6.61 Å². The molecular formula is C21H21N5O4S. The van der Waals surface area contributed by atoms with Crippen molar-refractivity contribution < 1.29 is 14.4 Å². The van der Waals surface area contributed by atoms with Crippen LogP contribution in [0, 0.1) is 10.1 Å². The van der Waals surface area contributed by atoms with Crippen molar-refractivity contribution in [2.45, 2.75) is 29.2 Å². The topological polar surface area (TPSA) is 104 Å². The number of methoxy groups -OCH3 is 1. The lowest BCUT2D eigenvalue weighted by Crippen LogP contribution is -2.20. The Bertz CT molecular complexity index is 1040. The van der Waals surface area contributed by atoms with Gasteiger partial charge in [-0.25, -0.2) is 4.98 Å². The van der Waals surface area contributed by atoms with Crippen LogP contribution in [0.2, 0.25) is 0 Å². The van der Waals surface area contributed by atoms with Crippen LogP contribution in [0.5, 0.6) is 11.6 Å². The molecule has 31 heavy (non-hydrogen) atoms. The van der Waals surface area contributed by atoms with Crippen LogP contribution in [0.1, 0.15) is 18.4 Å². The van der Waals surface area contributed by atoms with Gasteiger partial charge in [-0.2, -0.15) is 4.98 Å². The molecule has 3 aromatic rings. The maximum atomic E-state index is 10.8. The highest BCUT2D eigenvalue weighted by molar-refractivity contribution is 7.99. The van der Waals surface area contributed by atoms with Crippen LogP contribution in [0.3, 0.4) is 0 Å². The van der Waals surface area contributed by atoms with Gasteiger partial charge in [0.1, 0.15) is 12.4 Å². The summed E-state index contributed by atoms with van der Waals surface area (Å²) in [4.78, 5) is 26.9. The minimum atomic E-state index is -0.522. The minimum absolute atomic E-state index is 0.194. The molecule has 1 saturated heterocycles. The second kappa shape index (κ2) is 9.61. The molecule has 0 N–H and O–H groups in total. The number of ether oxygens (including phenoxy) is 2. The maximum absolute atomic E-state index is 10.8. The molecule has 3 heterocycles. The molecule has 0 amide bonds. The largest absolute Gasteiger partial charge is 0.497 e. The molecule has 9 nitrogen and oxygen atoms in total. The van der Waals surface area contributed by atoms with E-state index in [1.54, 1.807) is 19.4 Å². The Kier molecular flexibility index (Phi) is 6.46. The zero-order chi connectivity index (χ0) is 21.6. The number of rotatable bonds is 8. The highest BCUT2D eigenvalue weighted by atomic mass is 32.2. The monoisotopic (exact) mass is 439 g/mol. The van der Waals surface area contributed by atoms with Crippen LogP contribution < -0.4 is 14.4 Å². The summed E-state index contributed by atoms with van der Waals surface area (Å²) in [6, 6.07) is 10.7. The Hall–Kier alpha value is -3.40. The molecule has 1 aromatic carbocycles. The van der Waals surface area contributed by atoms with Crippen molar-refractivity contribution >= 4 is 23.5 Å². The smallest absolute Gasteiger partial charge is 0.363 e. The molecule has 0 spiro atoms. The summed E-state index contributed by atoms with van der Waals surface area (Å²) in [5, 5.41) is 10.8. The van der Waals surface area contributed by atoms with E-state index in [1.165, 1.54) is 24.0 Å². The Labute approximate surface area is 183 Å². The molecule has 4 rings (SSSR count). The normalized spacial score (nSPS) is 13.3. The molecule has 0 unspecified atom stereocenters. The molecule has 1 fully saturated rings. The Morgan fingerprint density at radius 1 is 1.10 bits per heavy atom. The quantitative estimate of drug-likeness (QED) is 0.379. The summed E-state index contributed by atoms with van der Waals surface area (Å²) in [7, 11) is 1.63. The fourth-order valence-corrected chi connectivity index (χ4v) is 3.92. The highest BCUT2D eigenvalue weighted by Crippen LogP contribution is 2.35. The van der Waals surface area contributed by atoms with E-state index in [-0.39, 0.29) is 5.82 Å². The molecular weight excluding hydrogens is 418 g/mol. The van der Waals surface area contributed by atoms with E-state index in [0.29, 0.717) is 23.3 Å². The van der Waals surface area contributed by atoms with E-state index in [4.69, 9.17) is 9.47 Å². The van der Waals surface area contributed by atoms with Gasteiger partial charge in [-0.05, 0) is 46.5 Å².